The second-order valence-electron chi connectivity index (χ2n) is 4.35. The van der Waals surface area contributed by atoms with Gasteiger partial charge in [0.1, 0.15) is 23.7 Å². The molecule has 1 rings (SSSR count). The fourth-order valence-electron chi connectivity index (χ4n) is 1.80. The average molecular weight is 300 g/mol. The number of guanidine groups is 1. The third kappa shape index (κ3) is 3.38. The van der Waals surface area contributed by atoms with E-state index in [2.05, 4.69) is 25.5 Å². The zero-order valence-corrected chi connectivity index (χ0v) is 11.1. The summed E-state index contributed by atoms with van der Waals surface area (Å²) in [7, 11) is 0. The molecule has 7 N–H and O–H groups in total. The third-order valence-corrected chi connectivity index (χ3v) is 2.97. The van der Waals surface area contributed by atoms with E-state index in [1.165, 1.54) is 6.92 Å². The number of oxime groups is 1. The van der Waals surface area contributed by atoms with Gasteiger partial charge in [-0.2, -0.15) is 4.99 Å². The SMILES string of the molecule is C[C@]1(N=[N+]=[N-])[C@H](NC(=N/O)/N=C(/N)C=N)O[C@H](CO)[C@H]1O. The Morgan fingerprint density at radius 2 is 2.33 bits per heavy atom. The minimum atomic E-state index is -1.48. The molecule has 0 radical (unpaired) electrons. The first-order valence-electron chi connectivity index (χ1n) is 5.76. The second kappa shape index (κ2) is 6.85. The number of nitrogens with two attached hydrogens (primary N) is 1. The molecule has 0 bridgehead atoms. The van der Waals surface area contributed by atoms with Crippen molar-refractivity contribution in [1.82, 2.24) is 5.32 Å². The van der Waals surface area contributed by atoms with E-state index < -0.39 is 36.5 Å². The Kier molecular flexibility index (Phi) is 5.44. The third-order valence-electron chi connectivity index (χ3n) is 2.97. The van der Waals surface area contributed by atoms with Crippen LogP contribution in [-0.2, 0) is 4.74 Å². The van der Waals surface area contributed by atoms with Crippen molar-refractivity contribution in [2.24, 2.45) is 21.0 Å². The number of amidine groups is 1. The van der Waals surface area contributed by atoms with Crippen LogP contribution in [0.15, 0.2) is 15.3 Å². The molecule has 0 aromatic rings. The first-order chi connectivity index (χ1) is 9.92. The maximum atomic E-state index is 10.0. The van der Waals surface area contributed by atoms with Crippen molar-refractivity contribution in [1.29, 1.82) is 5.41 Å². The van der Waals surface area contributed by atoms with Crippen molar-refractivity contribution in [3.8, 4) is 0 Å². The number of nitrogens with zero attached hydrogens (tertiary/aromatic N) is 5. The normalized spacial score (nSPS) is 33.4. The molecule has 1 aliphatic rings. The van der Waals surface area contributed by atoms with E-state index in [1.54, 1.807) is 0 Å². The number of ether oxygens (including phenoxy) is 1. The summed E-state index contributed by atoms with van der Waals surface area (Å²) < 4.78 is 5.30. The molecule has 1 heterocycles. The van der Waals surface area contributed by atoms with Crippen LogP contribution in [0.5, 0.6) is 0 Å². The number of hydrogen-bond donors (Lipinski definition) is 6. The first kappa shape index (κ1) is 16.7. The molecule has 116 valence electrons. The Morgan fingerprint density at radius 3 is 2.81 bits per heavy atom. The molecule has 21 heavy (non-hydrogen) atoms. The fourth-order valence-corrected chi connectivity index (χ4v) is 1.80. The van der Waals surface area contributed by atoms with Crippen LogP contribution in [0.4, 0.5) is 0 Å². The molecule has 0 unspecified atom stereocenters. The van der Waals surface area contributed by atoms with Crippen molar-refractivity contribution in [3.63, 3.8) is 0 Å². The monoisotopic (exact) mass is 300 g/mol. The van der Waals surface area contributed by atoms with E-state index in [0.29, 0.717) is 0 Å². The lowest BCUT2D eigenvalue weighted by molar-refractivity contribution is -0.0259. The number of hydrogen-bond acceptors (Lipinski definition) is 7. The van der Waals surface area contributed by atoms with Crippen LogP contribution in [0.25, 0.3) is 10.4 Å². The number of azide groups is 1. The average Bonchev–Trinajstić information content (AvgIpc) is 2.71. The molecule has 0 saturated carbocycles. The molecule has 12 heteroatoms. The number of aliphatic hydroxyl groups is 2. The van der Waals surface area contributed by atoms with Crippen LogP contribution >= 0.6 is 0 Å². The van der Waals surface area contributed by atoms with Gasteiger partial charge in [-0.15, -0.1) is 0 Å². The summed E-state index contributed by atoms with van der Waals surface area (Å²) in [4.78, 5) is 6.19. The Bertz CT molecular complexity index is 502. The van der Waals surface area contributed by atoms with Gasteiger partial charge in [-0.05, 0) is 17.6 Å². The molecular weight excluding hydrogens is 284 g/mol. The topological polar surface area (TPSA) is 205 Å². The van der Waals surface area contributed by atoms with Crippen LogP contribution < -0.4 is 11.1 Å². The van der Waals surface area contributed by atoms with Crippen molar-refractivity contribution in [2.45, 2.75) is 30.9 Å². The lowest BCUT2D eigenvalue weighted by Crippen LogP contribution is -2.51. The lowest BCUT2D eigenvalue weighted by atomic mass is 9.93. The summed E-state index contributed by atoms with van der Waals surface area (Å²) in [5.74, 6) is -0.663. The zero-order chi connectivity index (χ0) is 16.0. The van der Waals surface area contributed by atoms with Crippen LogP contribution in [0.3, 0.4) is 0 Å². The van der Waals surface area contributed by atoms with E-state index in [1.807, 2.05) is 0 Å². The Labute approximate surface area is 119 Å². The molecule has 12 nitrogen and oxygen atoms in total. The van der Waals surface area contributed by atoms with Gasteiger partial charge in [0, 0.05) is 4.91 Å². The minimum absolute atomic E-state index is 0.252. The van der Waals surface area contributed by atoms with Crippen molar-refractivity contribution < 1.29 is 20.2 Å². The molecular formula is C9H16N8O4. The highest BCUT2D eigenvalue weighted by molar-refractivity contribution is 6.29. The molecule has 0 spiro atoms. The van der Waals surface area contributed by atoms with Gasteiger partial charge in [0.2, 0.25) is 0 Å². The van der Waals surface area contributed by atoms with Crippen molar-refractivity contribution in [2.75, 3.05) is 6.61 Å². The largest absolute Gasteiger partial charge is 0.408 e. The van der Waals surface area contributed by atoms with Gasteiger partial charge < -0.3 is 36.6 Å². The minimum Gasteiger partial charge on any atom is -0.408 e. The molecule has 1 fully saturated rings. The fraction of sp³-hybridized carbons (Fsp3) is 0.667. The van der Waals surface area contributed by atoms with Gasteiger partial charge in [0.15, 0.2) is 0 Å². The summed E-state index contributed by atoms with van der Waals surface area (Å²) in [6, 6.07) is 0. The first-order valence-corrected chi connectivity index (χ1v) is 5.76. The van der Waals surface area contributed by atoms with Crippen molar-refractivity contribution >= 4 is 18.0 Å². The molecule has 1 saturated heterocycles. The summed E-state index contributed by atoms with van der Waals surface area (Å²) in [6.07, 6.45) is -2.70. The van der Waals surface area contributed by atoms with Crippen LogP contribution in [0, 0.1) is 5.41 Å². The van der Waals surface area contributed by atoms with E-state index in [-0.39, 0.29) is 5.84 Å². The molecule has 0 aromatic carbocycles. The Balaban J connectivity index is 3.04. The highest BCUT2D eigenvalue weighted by atomic mass is 16.5. The van der Waals surface area contributed by atoms with Crippen LogP contribution in [0.1, 0.15) is 6.92 Å². The zero-order valence-electron chi connectivity index (χ0n) is 11.1. The summed E-state index contributed by atoms with van der Waals surface area (Å²) in [6.45, 7) is 0.886. The number of aliphatic imine (C=N–C) groups is 1. The van der Waals surface area contributed by atoms with Crippen LogP contribution in [-0.4, -0.2) is 64.0 Å². The highest BCUT2D eigenvalue weighted by Crippen LogP contribution is 2.33. The van der Waals surface area contributed by atoms with Crippen molar-refractivity contribution in [3.05, 3.63) is 10.4 Å². The predicted molar refractivity (Wildman–Crippen MR) is 72.1 cm³/mol. The maximum Gasteiger partial charge on any atom is 0.263 e. The molecule has 0 aliphatic carbocycles. The van der Waals surface area contributed by atoms with E-state index >= 15 is 0 Å². The standard InChI is InChI=1S/C9H16N8O4/c1-9(16-17-12)6(19)4(3-18)21-7(9)14-8(15-20)13-5(11)2-10/h2,4,6-7,10,18-20H,3H2,1H3,(H3,11,13,14,15)/t4-,6-,7-,9-/m1/s1. The van der Waals surface area contributed by atoms with E-state index in [9.17, 15) is 5.11 Å². The molecule has 0 aromatic heterocycles. The summed E-state index contributed by atoms with van der Waals surface area (Å²) in [5, 5.41) is 43.6. The number of aliphatic hydroxyl groups excluding tert-OH is 2. The Morgan fingerprint density at radius 1 is 1.67 bits per heavy atom. The van der Waals surface area contributed by atoms with E-state index in [0.717, 1.165) is 6.21 Å². The summed E-state index contributed by atoms with van der Waals surface area (Å²) >= 11 is 0. The van der Waals surface area contributed by atoms with Gasteiger partial charge in [-0.1, -0.05) is 5.11 Å². The Hall–Kier alpha value is -2.40. The molecule has 4 atom stereocenters. The second-order valence-corrected chi connectivity index (χ2v) is 4.35. The number of rotatable bonds is 4. The van der Waals surface area contributed by atoms with E-state index in [4.69, 9.17) is 31.7 Å². The van der Waals surface area contributed by atoms with Gasteiger partial charge in [-0.25, -0.2) is 0 Å². The van der Waals surface area contributed by atoms with Gasteiger partial charge in [0.25, 0.3) is 5.96 Å². The van der Waals surface area contributed by atoms with Gasteiger partial charge in [0.05, 0.1) is 18.9 Å². The predicted octanol–water partition coefficient (Wildman–Crippen LogP) is -1.52. The molecule has 0 amide bonds. The lowest BCUT2D eigenvalue weighted by Gasteiger charge is -2.27. The smallest absolute Gasteiger partial charge is 0.263 e. The van der Waals surface area contributed by atoms with Gasteiger partial charge in [-0.3, -0.25) is 0 Å². The number of nitrogens with one attached hydrogen (secondary N) is 2. The quantitative estimate of drug-likeness (QED) is 0.0690. The highest BCUT2D eigenvalue weighted by Gasteiger charge is 2.53. The van der Waals surface area contributed by atoms with Crippen LogP contribution in [0.2, 0.25) is 0 Å². The van der Waals surface area contributed by atoms with Gasteiger partial charge >= 0.3 is 0 Å². The summed E-state index contributed by atoms with van der Waals surface area (Å²) in [5.41, 5.74) is 12.4. The maximum absolute atomic E-state index is 10.0. The molecule has 1 aliphatic heterocycles.